The molecule has 0 saturated heterocycles. The summed E-state index contributed by atoms with van der Waals surface area (Å²) < 4.78 is 10.6. The molecule has 19 heavy (non-hydrogen) atoms. The SMILES string of the molecule is CC(=O)OC(CO)COc1cccc2ccccc12. The Bertz CT molecular complexity index is 560. The molecular formula is C15H16O4. The minimum atomic E-state index is -0.642. The molecule has 0 radical (unpaired) electrons. The molecule has 0 saturated carbocycles. The van der Waals surface area contributed by atoms with Crippen molar-refractivity contribution in [2.24, 2.45) is 0 Å². The number of carbonyl (C=O) groups excluding carboxylic acids is 1. The van der Waals surface area contributed by atoms with Gasteiger partial charge in [0.1, 0.15) is 12.4 Å². The first-order valence-corrected chi connectivity index (χ1v) is 6.09. The van der Waals surface area contributed by atoms with Crippen LogP contribution in [0, 0.1) is 0 Å². The minimum Gasteiger partial charge on any atom is -0.489 e. The van der Waals surface area contributed by atoms with Crippen LogP contribution >= 0.6 is 0 Å². The van der Waals surface area contributed by atoms with Crippen molar-refractivity contribution in [2.75, 3.05) is 13.2 Å². The monoisotopic (exact) mass is 260 g/mol. The van der Waals surface area contributed by atoms with E-state index >= 15 is 0 Å². The Morgan fingerprint density at radius 3 is 2.68 bits per heavy atom. The van der Waals surface area contributed by atoms with E-state index in [9.17, 15) is 4.79 Å². The molecule has 0 aliphatic rings. The predicted octanol–water partition coefficient (Wildman–Crippen LogP) is 2.14. The van der Waals surface area contributed by atoms with Crippen LogP contribution in [0.5, 0.6) is 5.75 Å². The summed E-state index contributed by atoms with van der Waals surface area (Å²) in [4.78, 5) is 10.8. The molecule has 0 aromatic heterocycles. The third-order valence-electron chi connectivity index (χ3n) is 2.71. The normalized spacial score (nSPS) is 12.1. The molecule has 0 heterocycles. The van der Waals surface area contributed by atoms with Gasteiger partial charge < -0.3 is 14.6 Å². The van der Waals surface area contributed by atoms with Crippen molar-refractivity contribution in [1.29, 1.82) is 0 Å². The van der Waals surface area contributed by atoms with Crippen LogP contribution in [0.2, 0.25) is 0 Å². The second-order valence-electron chi connectivity index (χ2n) is 4.20. The van der Waals surface area contributed by atoms with Crippen LogP contribution in [0.15, 0.2) is 42.5 Å². The van der Waals surface area contributed by atoms with E-state index in [4.69, 9.17) is 14.6 Å². The van der Waals surface area contributed by atoms with E-state index in [1.54, 1.807) is 0 Å². The Kier molecular flexibility index (Phi) is 4.36. The van der Waals surface area contributed by atoms with Gasteiger partial charge in [-0.05, 0) is 11.5 Å². The van der Waals surface area contributed by atoms with Gasteiger partial charge in [0.2, 0.25) is 0 Å². The van der Waals surface area contributed by atoms with Gasteiger partial charge >= 0.3 is 5.97 Å². The highest BCUT2D eigenvalue weighted by Gasteiger charge is 2.12. The van der Waals surface area contributed by atoms with E-state index < -0.39 is 12.1 Å². The van der Waals surface area contributed by atoms with E-state index in [-0.39, 0.29) is 13.2 Å². The number of carbonyl (C=O) groups is 1. The fraction of sp³-hybridized carbons (Fsp3) is 0.267. The Balaban J connectivity index is 2.11. The first kappa shape index (κ1) is 13.4. The van der Waals surface area contributed by atoms with Crippen LogP contribution in [-0.2, 0) is 9.53 Å². The highest BCUT2D eigenvalue weighted by Crippen LogP contribution is 2.25. The molecule has 1 unspecified atom stereocenters. The van der Waals surface area contributed by atoms with Crippen molar-refractivity contribution >= 4 is 16.7 Å². The number of fused-ring (bicyclic) bond motifs is 1. The van der Waals surface area contributed by atoms with Crippen molar-refractivity contribution in [3.8, 4) is 5.75 Å². The second kappa shape index (κ2) is 6.20. The largest absolute Gasteiger partial charge is 0.489 e. The number of rotatable bonds is 5. The Labute approximate surface area is 111 Å². The van der Waals surface area contributed by atoms with Crippen molar-refractivity contribution in [2.45, 2.75) is 13.0 Å². The van der Waals surface area contributed by atoms with Gasteiger partial charge in [-0.2, -0.15) is 0 Å². The minimum absolute atomic E-state index is 0.129. The van der Waals surface area contributed by atoms with E-state index in [0.717, 1.165) is 10.8 Å². The average molecular weight is 260 g/mol. The molecular weight excluding hydrogens is 244 g/mol. The summed E-state index contributed by atoms with van der Waals surface area (Å²) in [5.74, 6) is 0.282. The number of hydrogen-bond acceptors (Lipinski definition) is 4. The average Bonchev–Trinajstić information content (AvgIpc) is 2.43. The molecule has 1 atom stereocenters. The third kappa shape index (κ3) is 3.45. The zero-order valence-corrected chi connectivity index (χ0v) is 10.7. The maximum atomic E-state index is 10.8. The number of ether oxygens (including phenoxy) is 2. The highest BCUT2D eigenvalue weighted by molar-refractivity contribution is 5.88. The van der Waals surface area contributed by atoms with Crippen LogP contribution in [0.4, 0.5) is 0 Å². The number of hydrogen-bond donors (Lipinski definition) is 1. The van der Waals surface area contributed by atoms with E-state index in [1.165, 1.54) is 6.92 Å². The number of aliphatic hydroxyl groups is 1. The number of aliphatic hydroxyl groups excluding tert-OH is 1. The predicted molar refractivity (Wildman–Crippen MR) is 72.1 cm³/mol. The molecule has 0 aliphatic heterocycles. The van der Waals surface area contributed by atoms with Crippen LogP contribution in [0.1, 0.15) is 6.92 Å². The van der Waals surface area contributed by atoms with Crippen LogP contribution < -0.4 is 4.74 Å². The van der Waals surface area contributed by atoms with E-state index in [0.29, 0.717) is 5.75 Å². The van der Waals surface area contributed by atoms with Gasteiger partial charge in [0.05, 0.1) is 6.61 Å². The van der Waals surface area contributed by atoms with Gasteiger partial charge in [0, 0.05) is 12.3 Å². The summed E-state index contributed by atoms with van der Waals surface area (Å²) in [6.45, 7) is 1.18. The summed E-state index contributed by atoms with van der Waals surface area (Å²) >= 11 is 0. The Morgan fingerprint density at radius 2 is 1.95 bits per heavy atom. The molecule has 0 spiro atoms. The lowest BCUT2D eigenvalue weighted by Gasteiger charge is -2.16. The van der Waals surface area contributed by atoms with Crippen molar-refractivity contribution in [3.63, 3.8) is 0 Å². The van der Waals surface area contributed by atoms with Gasteiger partial charge in [-0.25, -0.2) is 0 Å². The zero-order chi connectivity index (χ0) is 13.7. The summed E-state index contributed by atoms with van der Waals surface area (Å²) in [6.07, 6.45) is -0.642. The van der Waals surface area contributed by atoms with Gasteiger partial charge in [-0.3, -0.25) is 4.79 Å². The molecule has 0 fully saturated rings. The van der Waals surface area contributed by atoms with E-state index in [1.807, 2.05) is 42.5 Å². The molecule has 0 aliphatic carbocycles. The quantitative estimate of drug-likeness (QED) is 0.837. The molecule has 1 N–H and O–H groups in total. The standard InChI is InChI=1S/C15H16O4/c1-11(17)19-13(9-16)10-18-15-8-4-6-12-5-2-3-7-14(12)15/h2-8,13,16H,9-10H2,1H3. The third-order valence-corrected chi connectivity index (χ3v) is 2.71. The lowest BCUT2D eigenvalue weighted by atomic mass is 10.1. The smallest absolute Gasteiger partial charge is 0.303 e. The Hall–Kier alpha value is -2.07. The second-order valence-corrected chi connectivity index (χ2v) is 4.20. The summed E-state index contributed by atoms with van der Waals surface area (Å²) in [6, 6.07) is 13.6. The van der Waals surface area contributed by atoms with Crippen LogP contribution in [-0.4, -0.2) is 30.4 Å². The molecule has 0 amide bonds. The van der Waals surface area contributed by atoms with Gasteiger partial charge in [-0.1, -0.05) is 36.4 Å². The van der Waals surface area contributed by atoms with Crippen molar-refractivity contribution in [3.05, 3.63) is 42.5 Å². The zero-order valence-electron chi connectivity index (χ0n) is 10.7. The number of benzene rings is 2. The lowest BCUT2D eigenvalue weighted by Crippen LogP contribution is -2.27. The summed E-state index contributed by atoms with van der Waals surface area (Å²) in [5.41, 5.74) is 0. The molecule has 2 aromatic rings. The lowest BCUT2D eigenvalue weighted by molar-refractivity contribution is -0.150. The fourth-order valence-electron chi connectivity index (χ4n) is 1.86. The first-order valence-electron chi connectivity index (χ1n) is 6.09. The van der Waals surface area contributed by atoms with Crippen molar-refractivity contribution < 1.29 is 19.4 Å². The molecule has 4 heteroatoms. The van der Waals surface area contributed by atoms with Gasteiger partial charge in [0.15, 0.2) is 6.10 Å². The maximum Gasteiger partial charge on any atom is 0.303 e. The topological polar surface area (TPSA) is 55.8 Å². The molecule has 4 nitrogen and oxygen atoms in total. The summed E-state index contributed by atoms with van der Waals surface area (Å²) in [7, 11) is 0. The fourth-order valence-corrected chi connectivity index (χ4v) is 1.86. The van der Waals surface area contributed by atoms with E-state index in [2.05, 4.69) is 0 Å². The van der Waals surface area contributed by atoms with Crippen LogP contribution in [0.3, 0.4) is 0 Å². The first-order chi connectivity index (χ1) is 9.20. The van der Waals surface area contributed by atoms with Gasteiger partial charge in [-0.15, -0.1) is 0 Å². The maximum absolute atomic E-state index is 10.8. The number of esters is 1. The van der Waals surface area contributed by atoms with Gasteiger partial charge in [0.25, 0.3) is 0 Å². The molecule has 100 valence electrons. The Morgan fingerprint density at radius 1 is 1.21 bits per heavy atom. The van der Waals surface area contributed by atoms with Crippen molar-refractivity contribution in [1.82, 2.24) is 0 Å². The molecule has 0 bridgehead atoms. The highest BCUT2D eigenvalue weighted by atomic mass is 16.6. The van der Waals surface area contributed by atoms with Crippen LogP contribution in [0.25, 0.3) is 10.8 Å². The summed E-state index contributed by atoms with van der Waals surface area (Å²) in [5, 5.41) is 11.2. The molecule has 2 aromatic carbocycles. The molecule has 2 rings (SSSR count).